The standard InChI is InChI=1S/C15H28N2O/c1-10(2)16-13-8-9-17(15(13)18)14-7-5-6-11(3)12(14)4/h10-14,16H,5-9H2,1-4H3. The molecule has 1 N–H and O–H groups in total. The lowest BCUT2D eigenvalue weighted by atomic mass is 9.77. The fourth-order valence-corrected chi connectivity index (χ4v) is 3.58. The van der Waals surface area contributed by atoms with Gasteiger partial charge in [0.1, 0.15) is 0 Å². The zero-order chi connectivity index (χ0) is 13.3. The van der Waals surface area contributed by atoms with Crippen LogP contribution in [-0.4, -0.2) is 35.5 Å². The van der Waals surface area contributed by atoms with E-state index in [0.717, 1.165) is 18.9 Å². The molecular formula is C15H28N2O. The summed E-state index contributed by atoms with van der Waals surface area (Å²) in [5, 5.41) is 3.40. The van der Waals surface area contributed by atoms with Crippen molar-refractivity contribution in [2.45, 2.75) is 71.5 Å². The van der Waals surface area contributed by atoms with Crippen LogP contribution in [0.3, 0.4) is 0 Å². The average Bonchev–Trinajstić information content (AvgIpc) is 2.64. The summed E-state index contributed by atoms with van der Waals surface area (Å²) in [7, 11) is 0. The van der Waals surface area contributed by atoms with Crippen LogP contribution in [-0.2, 0) is 4.79 Å². The molecule has 1 heterocycles. The molecule has 3 heteroatoms. The molecule has 2 aliphatic rings. The van der Waals surface area contributed by atoms with Crippen LogP contribution in [0.15, 0.2) is 0 Å². The molecule has 1 saturated heterocycles. The summed E-state index contributed by atoms with van der Waals surface area (Å²) in [4.78, 5) is 14.6. The van der Waals surface area contributed by atoms with Gasteiger partial charge in [0.25, 0.3) is 0 Å². The Bertz CT molecular complexity index is 303. The number of nitrogens with zero attached hydrogens (tertiary/aromatic N) is 1. The highest BCUT2D eigenvalue weighted by atomic mass is 16.2. The van der Waals surface area contributed by atoms with E-state index in [2.05, 4.69) is 37.9 Å². The summed E-state index contributed by atoms with van der Waals surface area (Å²) in [6.45, 7) is 9.83. The number of carbonyl (C=O) groups is 1. The lowest BCUT2D eigenvalue weighted by Gasteiger charge is -2.40. The second kappa shape index (κ2) is 5.60. The molecule has 0 aromatic heterocycles. The number of likely N-dealkylation sites (tertiary alicyclic amines) is 1. The van der Waals surface area contributed by atoms with Gasteiger partial charge in [-0.25, -0.2) is 0 Å². The van der Waals surface area contributed by atoms with E-state index in [1.807, 2.05) is 0 Å². The van der Waals surface area contributed by atoms with Crippen LogP contribution in [0.4, 0.5) is 0 Å². The molecule has 4 unspecified atom stereocenters. The van der Waals surface area contributed by atoms with Gasteiger partial charge in [-0.3, -0.25) is 4.79 Å². The molecule has 0 aromatic carbocycles. The Morgan fingerprint density at radius 1 is 1.22 bits per heavy atom. The van der Waals surface area contributed by atoms with Crippen LogP contribution in [0.5, 0.6) is 0 Å². The van der Waals surface area contributed by atoms with E-state index in [0.29, 0.717) is 23.9 Å². The summed E-state index contributed by atoms with van der Waals surface area (Å²) in [5.41, 5.74) is 0. The van der Waals surface area contributed by atoms with Gasteiger partial charge in [-0.15, -0.1) is 0 Å². The van der Waals surface area contributed by atoms with Gasteiger partial charge in [-0.1, -0.05) is 40.5 Å². The van der Waals surface area contributed by atoms with Gasteiger partial charge in [0, 0.05) is 18.6 Å². The number of hydrogen-bond acceptors (Lipinski definition) is 2. The van der Waals surface area contributed by atoms with Crippen LogP contribution < -0.4 is 5.32 Å². The third-order valence-corrected chi connectivity index (χ3v) is 4.84. The molecule has 3 nitrogen and oxygen atoms in total. The molecular weight excluding hydrogens is 224 g/mol. The third kappa shape index (κ3) is 2.71. The zero-order valence-corrected chi connectivity index (χ0v) is 12.3. The summed E-state index contributed by atoms with van der Waals surface area (Å²) in [6, 6.07) is 0.941. The first-order valence-corrected chi connectivity index (χ1v) is 7.57. The number of rotatable bonds is 3. The normalized spacial score (nSPS) is 37.6. The van der Waals surface area contributed by atoms with Crippen LogP contribution in [0.1, 0.15) is 53.4 Å². The van der Waals surface area contributed by atoms with Crippen molar-refractivity contribution in [3.8, 4) is 0 Å². The van der Waals surface area contributed by atoms with Gasteiger partial charge in [-0.2, -0.15) is 0 Å². The third-order valence-electron chi connectivity index (χ3n) is 4.84. The van der Waals surface area contributed by atoms with Crippen molar-refractivity contribution in [1.82, 2.24) is 10.2 Å². The maximum Gasteiger partial charge on any atom is 0.240 e. The summed E-state index contributed by atoms with van der Waals surface area (Å²) >= 11 is 0. The molecule has 1 saturated carbocycles. The topological polar surface area (TPSA) is 32.3 Å². The predicted octanol–water partition coefficient (Wildman–Crippen LogP) is 2.41. The summed E-state index contributed by atoms with van der Waals surface area (Å²) in [6.07, 6.45) is 4.79. The van der Waals surface area contributed by atoms with Crippen molar-refractivity contribution in [2.24, 2.45) is 11.8 Å². The maximum atomic E-state index is 12.5. The number of nitrogens with one attached hydrogen (secondary N) is 1. The van der Waals surface area contributed by atoms with Crippen molar-refractivity contribution >= 4 is 5.91 Å². The minimum atomic E-state index is 0.0643. The van der Waals surface area contributed by atoms with E-state index in [-0.39, 0.29) is 6.04 Å². The van der Waals surface area contributed by atoms with Crippen molar-refractivity contribution < 1.29 is 4.79 Å². The second-order valence-electron chi connectivity index (χ2n) is 6.53. The summed E-state index contributed by atoms with van der Waals surface area (Å²) in [5.74, 6) is 1.75. The fraction of sp³-hybridized carbons (Fsp3) is 0.933. The molecule has 1 amide bonds. The molecule has 2 fully saturated rings. The van der Waals surface area contributed by atoms with E-state index in [9.17, 15) is 4.79 Å². The Kier molecular flexibility index (Phi) is 4.31. The minimum absolute atomic E-state index is 0.0643. The first-order chi connectivity index (χ1) is 8.50. The van der Waals surface area contributed by atoms with E-state index >= 15 is 0 Å². The highest BCUT2D eigenvalue weighted by Gasteiger charge is 2.40. The van der Waals surface area contributed by atoms with Crippen molar-refractivity contribution in [2.75, 3.05) is 6.54 Å². The van der Waals surface area contributed by atoms with Crippen molar-refractivity contribution in [3.05, 3.63) is 0 Å². The van der Waals surface area contributed by atoms with E-state index in [1.54, 1.807) is 0 Å². The van der Waals surface area contributed by atoms with Gasteiger partial charge >= 0.3 is 0 Å². The zero-order valence-electron chi connectivity index (χ0n) is 12.3. The molecule has 4 atom stereocenters. The number of carbonyl (C=O) groups excluding carboxylic acids is 1. The molecule has 0 spiro atoms. The first-order valence-electron chi connectivity index (χ1n) is 7.57. The molecule has 18 heavy (non-hydrogen) atoms. The number of amides is 1. The highest BCUT2D eigenvalue weighted by Crippen LogP contribution is 2.34. The van der Waals surface area contributed by atoms with Crippen molar-refractivity contribution in [1.29, 1.82) is 0 Å². The Morgan fingerprint density at radius 3 is 2.61 bits per heavy atom. The van der Waals surface area contributed by atoms with Crippen molar-refractivity contribution in [3.63, 3.8) is 0 Å². The number of hydrogen-bond donors (Lipinski definition) is 1. The lowest BCUT2D eigenvalue weighted by Crippen LogP contribution is -2.48. The second-order valence-corrected chi connectivity index (χ2v) is 6.53. The first kappa shape index (κ1) is 13.9. The highest BCUT2D eigenvalue weighted by molar-refractivity contribution is 5.84. The molecule has 0 bridgehead atoms. The van der Waals surface area contributed by atoms with Gasteiger partial charge in [0.15, 0.2) is 0 Å². The SMILES string of the molecule is CC(C)NC1CCN(C2CCCC(C)C2C)C1=O. The fourth-order valence-electron chi connectivity index (χ4n) is 3.58. The van der Waals surface area contributed by atoms with Gasteiger partial charge in [-0.05, 0) is 24.7 Å². The molecule has 2 rings (SSSR count). The smallest absolute Gasteiger partial charge is 0.240 e. The van der Waals surface area contributed by atoms with Gasteiger partial charge in [0.2, 0.25) is 5.91 Å². The van der Waals surface area contributed by atoms with Crippen LogP contribution in [0.2, 0.25) is 0 Å². The monoisotopic (exact) mass is 252 g/mol. The molecule has 0 aromatic rings. The van der Waals surface area contributed by atoms with Crippen LogP contribution in [0, 0.1) is 11.8 Å². The maximum absolute atomic E-state index is 12.5. The molecule has 1 aliphatic carbocycles. The largest absolute Gasteiger partial charge is 0.338 e. The van der Waals surface area contributed by atoms with E-state index in [1.165, 1.54) is 19.3 Å². The Morgan fingerprint density at radius 2 is 1.94 bits per heavy atom. The Balaban J connectivity index is 2.00. The Labute approximate surface area is 111 Å². The molecule has 1 aliphatic heterocycles. The summed E-state index contributed by atoms with van der Waals surface area (Å²) < 4.78 is 0. The minimum Gasteiger partial charge on any atom is -0.338 e. The predicted molar refractivity (Wildman–Crippen MR) is 74.4 cm³/mol. The quantitative estimate of drug-likeness (QED) is 0.836. The molecule has 104 valence electrons. The van der Waals surface area contributed by atoms with Crippen LogP contribution in [0.25, 0.3) is 0 Å². The van der Waals surface area contributed by atoms with E-state index < -0.39 is 0 Å². The lowest BCUT2D eigenvalue weighted by molar-refractivity contribution is -0.133. The van der Waals surface area contributed by atoms with Gasteiger partial charge < -0.3 is 10.2 Å². The molecule has 0 radical (unpaired) electrons. The Hall–Kier alpha value is -0.570. The van der Waals surface area contributed by atoms with E-state index in [4.69, 9.17) is 0 Å². The van der Waals surface area contributed by atoms with Gasteiger partial charge in [0.05, 0.1) is 6.04 Å². The van der Waals surface area contributed by atoms with Crippen LogP contribution >= 0.6 is 0 Å². The average molecular weight is 252 g/mol.